The van der Waals surface area contributed by atoms with Crippen molar-refractivity contribution in [2.24, 2.45) is 0 Å². The van der Waals surface area contributed by atoms with Crippen LogP contribution in [0, 0.1) is 0 Å². The smallest absolute Gasteiger partial charge is 0.375 e. The van der Waals surface area contributed by atoms with Gasteiger partial charge in [0.15, 0.2) is 0 Å². The fraction of sp³-hybridized carbons (Fsp3) is 0.455. The van der Waals surface area contributed by atoms with Crippen molar-refractivity contribution < 1.29 is 17.9 Å². The van der Waals surface area contributed by atoms with E-state index in [1.165, 1.54) is 19.2 Å². The van der Waals surface area contributed by atoms with Crippen molar-refractivity contribution in [3.8, 4) is 0 Å². The summed E-state index contributed by atoms with van der Waals surface area (Å²) in [5.74, 6) is 0. The molecule has 0 saturated heterocycles. The van der Waals surface area contributed by atoms with E-state index in [-0.39, 0.29) is 5.56 Å². The van der Waals surface area contributed by atoms with E-state index in [0.717, 1.165) is 6.07 Å². The van der Waals surface area contributed by atoms with Crippen molar-refractivity contribution in [2.75, 3.05) is 20.7 Å². The summed E-state index contributed by atoms with van der Waals surface area (Å²) >= 11 is 0. The van der Waals surface area contributed by atoms with Gasteiger partial charge in [0.25, 0.3) is 0 Å². The van der Waals surface area contributed by atoms with Crippen molar-refractivity contribution in [3.05, 3.63) is 35.4 Å². The molecule has 0 heterocycles. The van der Waals surface area contributed by atoms with Crippen molar-refractivity contribution in [2.45, 2.75) is 12.3 Å². The molecule has 0 radical (unpaired) electrons. The summed E-state index contributed by atoms with van der Waals surface area (Å²) in [5, 5.41) is 2.80. The minimum absolute atomic E-state index is 0.159. The second-order valence-electron chi connectivity index (χ2n) is 3.37. The number of hydrogen-bond donors (Lipinski definition) is 1. The zero-order valence-corrected chi connectivity index (χ0v) is 9.14. The molecule has 16 heavy (non-hydrogen) atoms. The average Bonchev–Trinajstić information content (AvgIpc) is 2.25. The monoisotopic (exact) mass is 233 g/mol. The Kier molecular flexibility index (Phi) is 4.32. The lowest BCUT2D eigenvalue weighted by molar-refractivity contribution is -0.139. The predicted molar refractivity (Wildman–Crippen MR) is 55.1 cm³/mol. The summed E-state index contributed by atoms with van der Waals surface area (Å²) in [5.41, 5.74) is -0.482. The molecular formula is C11H14F3NO. The van der Waals surface area contributed by atoms with Gasteiger partial charge in [0.1, 0.15) is 0 Å². The standard InChI is InChI=1S/C11H14F3NO/c1-15-7-10(16-2)8-5-3-4-6-9(8)11(12,13)14/h3-6,10,15H,7H2,1-2H3/t10-/m1/s1. The molecule has 2 nitrogen and oxygen atoms in total. The van der Waals surface area contributed by atoms with Crippen molar-refractivity contribution >= 4 is 0 Å². The normalized spacial score (nSPS) is 13.8. The first-order valence-electron chi connectivity index (χ1n) is 4.84. The van der Waals surface area contributed by atoms with E-state index in [9.17, 15) is 13.2 Å². The molecule has 0 unspecified atom stereocenters. The van der Waals surface area contributed by atoms with Gasteiger partial charge in [-0.25, -0.2) is 0 Å². The van der Waals surface area contributed by atoms with Gasteiger partial charge in [-0.15, -0.1) is 0 Å². The maximum absolute atomic E-state index is 12.7. The number of alkyl halides is 3. The van der Waals surface area contributed by atoms with E-state index in [1.54, 1.807) is 13.1 Å². The SMILES string of the molecule is CNC[C@@H](OC)c1ccccc1C(F)(F)F. The third kappa shape index (κ3) is 2.96. The van der Waals surface area contributed by atoms with Crippen LogP contribution < -0.4 is 5.32 Å². The molecule has 5 heteroatoms. The second kappa shape index (κ2) is 5.32. The van der Waals surface area contributed by atoms with Crippen LogP contribution in [-0.4, -0.2) is 20.7 Å². The molecule has 1 rings (SSSR count). The van der Waals surface area contributed by atoms with Crippen molar-refractivity contribution in [1.82, 2.24) is 5.32 Å². The Balaban J connectivity index is 3.11. The highest BCUT2D eigenvalue weighted by Gasteiger charge is 2.34. The topological polar surface area (TPSA) is 21.3 Å². The highest BCUT2D eigenvalue weighted by molar-refractivity contribution is 5.31. The van der Waals surface area contributed by atoms with E-state index < -0.39 is 17.8 Å². The fourth-order valence-electron chi connectivity index (χ4n) is 1.54. The Morgan fingerprint density at radius 2 is 1.94 bits per heavy atom. The van der Waals surface area contributed by atoms with Crippen molar-refractivity contribution in [3.63, 3.8) is 0 Å². The number of rotatable bonds is 4. The molecule has 0 aliphatic rings. The predicted octanol–water partition coefficient (Wildman–Crippen LogP) is 2.61. The lowest BCUT2D eigenvalue weighted by atomic mass is 10.0. The first kappa shape index (κ1) is 13.0. The maximum atomic E-state index is 12.7. The number of hydrogen-bond acceptors (Lipinski definition) is 2. The van der Waals surface area contributed by atoms with Gasteiger partial charge in [-0.1, -0.05) is 18.2 Å². The van der Waals surface area contributed by atoms with Crippen molar-refractivity contribution in [1.29, 1.82) is 0 Å². The van der Waals surface area contributed by atoms with Crippen LogP contribution in [0.5, 0.6) is 0 Å². The van der Waals surface area contributed by atoms with Gasteiger partial charge >= 0.3 is 6.18 Å². The Morgan fingerprint density at radius 3 is 2.44 bits per heavy atom. The van der Waals surface area contributed by atoms with Gasteiger partial charge in [-0.05, 0) is 18.7 Å². The summed E-state index contributed by atoms with van der Waals surface area (Å²) in [7, 11) is 3.07. The first-order chi connectivity index (χ1) is 7.50. The quantitative estimate of drug-likeness (QED) is 0.863. The van der Waals surface area contributed by atoms with Crippen LogP contribution in [0.3, 0.4) is 0 Å². The summed E-state index contributed by atoms with van der Waals surface area (Å²) in [4.78, 5) is 0. The molecule has 0 bridgehead atoms. The van der Waals surface area contributed by atoms with Gasteiger partial charge < -0.3 is 10.1 Å². The summed E-state index contributed by atoms with van der Waals surface area (Å²) in [6.45, 7) is 0.337. The van der Waals surface area contributed by atoms with E-state index in [0.29, 0.717) is 6.54 Å². The van der Waals surface area contributed by atoms with Crippen LogP contribution in [0.15, 0.2) is 24.3 Å². The average molecular weight is 233 g/mol. The molecule has 90 valence electrons. The number of benzene rings is 1. The highest BCUT2D eigenvalue weighted by Crippen LogP contribution is 2.35. The van der Waals surface area contributed by atoms with Gasteiger partial charge in [0.05, 0.1) is 11.7 Å². The van der Waals surface area contributed by atoms with E-state index in [4.69, 9.17) is 4.74 Å². The minimum atomic E-state index is -4.35. The molecule has 1 aromatic rings. The Morgan fingerprint density at radius 1 is 1.31 bits per heavy atom. The van der Waals surface area contributed by atoms with Gasteiger partial charge in [0, 0.05) is 13.7 Å². The lowest BCUT2D eigenvalue weighted by Gasteiger charge is -2.20. The van der Waals surface area contributed by atoms with E-state index in [1.807, 2.05) is 0 Å². The van der Waals surface area contributed by atoms with Crippen LogP contribution >= 0.6 is 0 Å². The zero-order valence-electron chi connectivity index (χ0n) is 9.14. The number of nitrogens with one attached hydrogen (secondary N) is 1. The molecule has 0 saturated carbocycles. The van der Waals surface area contributed by atoms with Gasteiger partial charge in [-0.3, -0.25) is 0 Å². The Hall–Kier alpha value is -1.07. The summed E-state index contributed by atoms with van der Waals surface area (Å²) in [6.07, 6.45) is -4.94. The van der Waals surface area contributed by atoms with Crippen LogP contribution in [0.2, 0.25) is 0 Å². The largest absolute Gasteiger partial charge is 0.416 e. The number of likely N-dealkylation sites (N-methyl/N-ethyl adjacent to an activating group) is 1. The molecule has 1 aromatic carbocycles. The lowest BCUT2D eigenvalue weighted by Crippen LogP contribution is -2.21. The molecule has 1 N–H and O–H groups in total. The molecule has 0 aliphatic carbocycles. The molecule has 0 fully saturated rings. The van der Waals surface area contributed by atoms with Crippen LogP contribution in [0.1, 0.15) is 17.2 Å². The van der Waals surface area contributed by atoms with Gasteiger partial charge in [0.2, 0.25) is 0 Å². The third-order valence-corrected chi connectivity index (χ3v) is 2.29. The van der Waals surface area contributed by atoms with Crippen LogP contribution in [-0.2, 0) is 10.9 Å². The van der Waals surface area contributed by atoms with Crippen LogP contribution in [0.4, 0.5) is 13.2 Å². The Labute approximate surface area is 92.4 Å². The molecule has 0 aromatic heterocycles. The third-order valence-electron chi connectivity index (χ3n) is 2.29. The first-order valence-corrected chi connectivity index (χ1v) is 4.84. The number of methoxy groups -OCH3 is 1. The molecule has 0 aliphatic heterocycles. The molecule has 1 atom stereocenters. The fourth-order valence-corrected chi connectivity index (χ4v) is 1.54. The van der Waals surface area contributed by atoms with E-state index >= 15 is 0 Å². The van der Waals surface area contributed by atoms with Crippen LogP contribution in [0.25, 0.3) is 0 Å². The molecule has 0 spiro atoms. The Bertz CT molecular complexity index is 338. The summed E-state index contributed by atoms with van der Waals surface area (Å²) < 4.78 is 43.2. The maximum Gasteiger partial charge on any atom is 0.416 e. The second-order valence-corrected chi connectivity index (χ2v) is 3.37. The van der Waals surface area contributed by atoms with Gasteiger partial charge in [-0.2, -0.15) is 13.2 Å². The number of halogens is 3. The zero-order chi connectivity index (χ0) is 12.2. The van der Waals surface area contributed by atoms with E-state index in [2.05, 4.69) is 5.32 Å². The molecular weight excluding hydrogens is 219 g/mol. The minimum Gasteiger partial charge on any atom is -0.375 e. The molecule has 0 amide bonds. The number of ether oxygens (including phenoxy) is 1. The highest BCUT2D eigenvalue weighted by atomic mass is 19.4. The summed E-state index contributed by atoms with van der Waals surface area (Å²) in [6, 6.07) is 5.45.